The molecule has 0 aromatic heterocycles. The molecule has 1 aromatic rings. The summed E-state index contributed by atoms with van der Waals surface area (Å²) >= 11 is 0. The molecule has 0 bridgehead atoms. The zero-order valence-corrected chi connectivity index (χ0v) is 7.67. The Morgan fingerprint density at radius 3 is 2.77 bits per heavy atom. The van der Waals surface area contributed by atoms with Crippen molar-refractivity contribution in [2.75, 3.05) is 5.75 Å². The minimum Gasteiger partial charge on any atom is -0.298 e. The molecule has 0 saturated heterocycles. The van der Waals surface area contributed by atoms with Gasteiger partial charge in [-0.25, -0.2) is 8.42 Å². The van der Waals surface area contributed by atoms with Crippen LogP contribution in [0.2, 0.25) is 0 Å². The molecule has 4 heteroatoms. The van der Waals surface area contributed by atoms with Gasteiger partial charge in [0.1, 0.15) is 0 Å². The van der Waals surface area contributed by atoms with Crippen LogP contribution in [-0.4, -0.2) is 20.5 Å². The van der Waals surface area contributed by atoms with Crippen LogP contribution in [0.3, 0.4) is 0 Å². The van der Waals surface area contributed by atoms with Crippen molar-refractivity contribution < 1.29 is 13.2 Å². The fourth-order valence-corrected chi connectivity index (χ4v) is 3.36. The molecule has 1 heterocycles. The molecule has 1 aromatic carbocycles. The fraction of sp³-hybridized carbons (Fsp3) is 0.222. The quantitative estimate of drug-likeness (QED) is 0.625. The van der Waals surface area contributed by atoms with Crippen molar-refractivity contribution in [3.8, 4) is 0 Å². The van der Waals surface area contributed by atoms with Gasteiger partial charge in [0.25, 0.3) is 0 Å². The molecule has 0 spiro atoms. The van der Waals surface area contributed by atoms with Gasteiger partial charge in [-0.15, -0.1) is 0 Å². The van der Waals surface area contributed by atoms with Crippen molar-refractivity contribution >= 4 is 16.1 Å². The van der Waals surface area contributed by atoms with Crippen molar-refractivity contribution in [3.63, 3.8) is 0 Å². The second-order valence-electron chi connectivity index (χ2n) is 3.02. The lowest BCUT2D eigenvalue weighted by Crippen LogP contribution is -2.02. The van der Waals surface area contributed by atoms with Gasteiger partial charge in [0.15, 0.2) is 16.1 Å². The van der Waals surface area contributed by atoms with Gasteiger partial charge >= 0.3 is 0 Å². The molecular formula is C9H8O3S. The van der Waals surface area contributed by atoms with E-state index in [1.54, 1.807) is 12.1 Å². The molecule has 1 aliphatic rings. The van der Waals surface area contributed by atoms with Crippen LogP contribution in [0.15, 0.2) is 23.1 Å². The van der Waals surface area contributed by atoms with Gasteiger partial charge in [-0.2, -0.15) is 0 Å². The van der Waals surface area contributed by atoms with E-state index in [0.717, 1.165) is 5.56 Å². The van der Waals surface area contributed by atoms with E-state index in [2.05, 4.69) is 0 Å². The second-order valence-corrected chi connectivity index (χ2v) is 5.07. The summed E-state index contributed by atoms with van der Waals surface area (Å²) in [4.78, 5) is 10.8. The fourth-order valence-electron chi connectivity index (χ4n) is 1.62. The van der Waals surface area contributed by atoms with Gasteiger partial charge < -0.3 is 0 Å². The third kappa shape index (κ3) is 1.18. The summed E-state index contributed by atoms with van der Waals surface area (Å²) in [5.41, 5.74) is 1.06. The monoisotopic (exact) mass is 196 g/mol. The van der Waals surface area contributed by atoms with Crippen molar-refractivity contribution in [1.29, 1.82) is 0 Å². The Morgan fingerprint density at radius 2 is 2.08 bits per heavy atom. The summed E-state index contributed by atoms with van der Waals surface area (Å²) in [6.45, 7) is 0. The highest BCUT2D eigenvalue weighted by Gasteiger charge is 2.28. The summed E-state index contributed by atoms with van der Waals surface area (Å²) in [6.07, 6.45) is 1.13. The van der Waals surface area contributed by atoms with Crippen LogP contribution in [0.1, 0.15) is 15.9 Å². The zero-order valence-electron chi connectivity index (χ0n) is 6.86. The average Bonchev–Trinajstić information content (AvgIpc) is 2.43. The number of rotatable bonds is 1. The molecule has 13 heavy (non-hydrogen) atoms. The largest absolute Gasteiger partial charge is 0.298 e. The molecule has 68 valence electrons. The van der Waals surface area contributed by atoms with Gasteiger partial charge in [0.05, 0.1) is 10.6 Å². The van der Waals surface area contributed by atoms with Crippen LogP contribution in [0.25, 0.3) is 0 Å². The van der Waals surface area contributed by atoms with Gasteiger partial charge in [-0.1, -0.05) is 18.2 Å². The van der Waals surface area contributed by atoms with Crippen molar-refractivity contribution in [2.24, 2.45) is 0 Å². The Morgan fingerprint density at radius 1 is 1.31 bits per heavy atom. The SMILES string of the molecule is O=Cc1cccc2c1S(=O)(=O)CC2. The van der Waals surface area contributed by atoms with Crippen LogP contribution in [0.5, 0.6) is 0 Å². The standard InChI is InChI=1S/C9H8O3S/c10-6-8-3-1-2-7-4-5-13(11,12)9(7)8/h1-3,6H,4-5H2. The van der Waals surface area contributed by atoms with E-state index < -0.39 is 9.84 Å². The molecule has 0 aliphatic carbocycles. The minimum atomic E-state index is -3.18. The van der Waals surface area contributed by atoms with Crippen LogP contribution in [-0.2, 0) is 16.3 Å². The number of aldehydes is 1. The van der Waals surface area contributed by atoms with Crippen LogP contribution >= 0.6 is 0 Å². The Bertz CT molecular complexity index is 460. The van der Waals surface area contributed by atoms with Crippen LogP contribution in [0.4, 0.5) is 0 Å². The predicted octanol–water partition coefficient (Wildman–Crippen LogP) is 0.829. The maximum Gasteiger partial charge on any atom is 0.179 e. The van der Waals surface area contributed by atoms with Crippen molar-refractivity contribution in [1.82, 2.24) is 0 Å². The third-order valence-corrected chi connectivity index (χ3v) is 4.07. The summed E-state index contributed by atoms with van der Waals surface area (Å²) < 4.78 is 22.9. The molecule has 0 N–H and O–H groups in total. The highest BCUT2D eigenvalue weighted by atomic mass is 32.2. The van der Waals surface area contributed by atoms with E-state index in [4.69, 9.17) is 0 Å². The van der Waals surface area contributed by atoms with Crippen molar-refractivity contribution in [2.45, 2.75) is 11.3 Å². The highest BCUT2D eigenvalue weighted by molar-refractivity contribution is 7.91. The number of sulfone groups is 1. The van der Waals surface area contributed by atoms with Crippen LogP contribution < -0.4 is 0 Å². The number of hydrogen-bond donors (Lipinski definition) is 0. The van der Waals surface area contributed by atoms with Crippen molar-refractivity contribution in [3.05, 3.63) is 29.3 Å². The average molecular weight is 196 g/mol. The van der Waals surface area contributed by atoms with Crippen LogP contribution in [0, 0.1) is 0 Å². The summed E-state index contributed by atoms with van der Waals surface area (Å²) in [5.74, 6) is 0.132. The Kier molecular flexibility index (Phi) is 1.73. The summed E-state index contributed by atoms with van der Waals surface area (Å²) in [7, 11) is -3.18. The lowest BCUT2D eigenvalue weighted by atomic mass is 10.1. The maximum absolute atomic E-state index is 11.5. The summed E-state index contributed by atoms with van der Waals surface area (Å²) in [5, 5.41) is 0. The molecule has 0 fully saturated rings. The Balaban J connectivity index is 2.81. The zero-order chi connectivity index (χ0) is 9.47. The first kappa shape index (κ1) is 8.44. The normalized spacial score (nSPS) is 18.2. The lowest BCUT2D eigenvalue weighted by molar-refractivity contribution is 0.112. The maximum atomic E-state index is 11.5. The first-order valence-corrected chi connectivity index (χ1v) is 5.60. The van der Waals surface area contributed by atoms with Gasteiger partial charge in [-0.3, -0.25) is 4.79 Å². The number of carbonyl (C=O) groups excluding carboxylic acids is 1. The third-order valence-electron chi connectivity index (χ3n) is 2.21. The molecule has 0 radical (unpaired) electrons. The Labute approximate surface area is 76.3 Å². The molecule has 0 atom stereocenters. The Hall–Kier alpha value is -1.16. The summed E-state index contributed by atoms with van der Waals surface area (Å²) in [6, 6.07) is 5.00. The van der Waals surface area contributed by atoms with E-state index in [1.807, 2.05) is 0 Å². The molecule has 1 aliphatic heterocycles. The number of aryl methyl sites for hydroxylation is 1. The smallest absolute Gasteiger partial charge is 0.179 e. The van der Waals surface area contributed by atoms with Gasteiger partial charge in [0, 0.05) is 5.56 Å². The van der Waals surface area contributed by atoms with E-state index in [-0.39, 0.29) is 16.2 Å². The van der Waals surface area contributed by atoms with E-state index in [0.29, 0.717) is 12.7 Å². The first-order valence-electron chi connectivity index (χ1n) is 3.95. The lowest BCUT2D eigenvalue weighted by Gasteiger charge is -2.00. The molecule has 3 nitrogen and oxygen atoms in total. The second kappa shape index (κ2) is 2.67. The topological polar surface area (TPSA) is 51.2 Å². The molecule has 0 unspecified atom stereocenters. The first-order chi connectivity index (χ1) is 6.15. The van der Waals surface area contributed by atoms with E-state index in [9.17, 15) is 13.2 Å². The number of fused-ring (bicyclic) bond motifs is 1. The number of carbonyl (C=O) groups is 1. The number of benzene rings is 1. The molecule has 0 amide bonds. The molecular weight excluding hydrogens is 188 g/mol. The number of hydrogen-bond acceptors (Lipinski definition) is 3. The highest BCUT2D eigenvalue weighted by Crippen LogP contribution is 2.27. The van der Waals surface area contributed by atoms with Gasteiger partial charge in [0.2, 0.25) is 0 Å². The van der Waals surface area contributed by atoms with E-state index >= 15 is 0 Å². The molecule has 0 saturated carbocycles. The predicted molar refractivity (Wildman–Crippen MR) is 47.6 cm³/mol. The van der Waals surface area contributed by atoms with E-state index in [1.165, 1.54) is 6.07 Å². The van der Waals surface area contributed by atoms with Gasteiger partial charge in [-0.05, 0) is 12.0 Å². The minimum absolute atomic E-state index is 0.132. The molecule has 2 rings (SSSR count).